The van der Waals surface area contributed by atoms with Gasteiger partial charge in [0.15, 0.2) is 6.61 Å². The number of carboxylic acids is 1. The van der Waals surface area contributed by atoms with E-state index >= 15 is 0 Å². The third-order valence-corrected chi connectivity index (χ3v) is 13.3. The Morgan fingerprint density at radius 2 is 1.18 bits per heavy atom. The summed E-state index contributed by atoms with van der Waals surface area (Å²) in [5.41, 5.74) is 4.80. The van der Waals surface area contributed by atoms with Crippen LogP contribution in [0.4, 0.5) is 0 Å². The molecular weight excluding hydrogens is 735 g/mol. The van der Waals surface area contributed by atoms with E-state index in [0.717, 1.165) is 114 Å². The van der Waals surface area contributed by atoms with Crippen LogP contribution in [0.1, 0.15) is 126 Å². The van der Waals surface area contributed by atoms with E-state index in [-0.39, 0.29) is 84.5 Å². The second kappa shape index (κ2) is 24.9. The minimum absolute atomic E-state index is 0. The van der Waals surface area contributed by atoms with Crippen molar-refractivity contribution in [3.63, 3.8) is 0 Å². The monoisotopic (exact) mass is 803 g/mol. The first-order valence-electron chi connectivity index (χ1n) is 21.4. The largest absolute Gasteiger partial charge is 1.00 e. The fourth-order valence-corrected chi connectivity index (χ4v) is 10.4. The number of carboxylic acid groups (broad SMARTS) is 1. The van der Waals surface area contributed by atoms with Crippen molar-refractivity contribution in [1.82, 2.24) is 0 Å². The molecular formula is C46H68NaO10-. The number of aliphatic hydroxyl groups excluding tert-OH is 4. The summed E-state index contributed by atoms with van der Waals surface area (Å²) in [4.78, 5) is 21.4. The van der Waals surface area contributed by atoms with E-state index in [1.165, 1.54) is 29.5 Å². The van der Waals surface area contributed by atoms with Crippen LogP contribution >= 0.6 is 0 Å². The molecule has 0 aliphatic heterocycles. The normalized spacial score (nSPS) is 26.4. The van der Waals surface area contributed by atoms with Gasteiger partial charge in [0.05, 0.1) is 24.4 Å². The molecule has 10 atom stereocenters. The van der Waals surface area contributed by atoms with Crippen LogP contribution in [0.15, 0.2) is 36.4 Å². The van der Waals surface area contributed by atoms with E-state index in [9.17, 15) is 30.0 Å². The number of benzene rings is 2. The van der Waals surface area contributed by atoms with Gasteiger partial charge in [-0.15, -0.1) is 0 Å². The van der Waals surface area contributed by atoms with Crippen LogP contribution in [-0.4, -0.2) is 80.9 Å². The number of ether oxygens (including phenoxy) is 2. The van der Waals surface area contributed by atoms with Gasteiger partial charge in [0.25, 0.3) is 0 Å². The fraction of sp³-hybridized carbons (Fsp3) is 0.696. The Kier molecular flexibility index (Phi) is 21.6. The molecule has 6 N–H and O–H groups in total. The molecule has 2 aromatic rings. The summed E-state index contributed by atoms with van der Waals surface area (Å²) in [6.45, 7) is 3.98. The Labute approximate surface area is 362 Å². The van der Waals surface area contributed by atoms with Crippen molar-refractivity contribution in [3.8, 4) is 11.5 Å². The predicted molar refractivity (Wildman–Crippen MR) is 215 cm³/mol. The molecule has 0 spiro atoms. The second-order valence-electron chi connectivity index (χ2n) is 17.0. The van der Waals surface area contributed by atoms with Crippen LogP contribution in [0.3, 0.4) is 0 Å². The third kappa shape index (κ3) is 13.8. The number of aliphatic carboxylic acids is 1. The van der Waals surface area contributed by atoms with E-state index in [2.05, 4.69) is 26.0 Å². The summed E-state index contributed by atoms with van der Waals surface area (Å²) < 4.78 is 11.1. The molecule has 0 amide bonds. The Bertz CT molecular complexity index is 1500. The molecule has 314 valence electrons. The molecule has 2 aromatic carbocycles. The maximum Gasteiger partial charge on any atom is 1.00 e. The van der Waals surface area contributed by atoms with E-state index in [4.69, 9.17) is 14.6 Å². The first-order chi connectivity index (χ1) is 26.6. The smallest absolute Gasteiger partial charge is 0.870 e. The van der Waals surface area contributed by atoms with E-state index in [1.807, 2.05) is 24.3 Å². The average molecular weight is 804 g/mol. The van der Waals surface area contributed by atoms with Gasteiger partial charge in [-0.2, -0.15) is 0 Å². The molecule has 2 unspecified atom stereocenters. The van der Waals surface area contributed by atoms with Crippen molar-refractivity contribution in [2.45, 2.75) is 154 Å². The van der Waals surface area contributed by atoms with Gasteiger partial charge >= 0.3 is 35.5 Å². The molecule has 57 heavy (non-hydrogen) atoms. The van der Waals surface area contributed by atoms with E-state index in [1.54, 1.807) is 6.29 Å². The standard InChI is InChI=1S/C23H34O5.C23H33O4.Na.H2O/c1-2-3-4-7-17(24)9-10-18-19-11-15-6-5-8-22(28-14-23(26)27)20(15)12-16(19)13-21(18)25;1-2-3-4-7-18(25)9-10-19-20-13-16-6-5-8-23(27-12-11-24)21(16)14-17(20)15-22(19)26;;/h5-6,8,16-19,21,24-25H,2-4,7,9-14H2,1H3,(H,26,27);5-6,8,17-20,22,25-26H,2-4,7,9-10,12-15H2,1H3;;1H2/q;-1;+1;/p-1/t16?,17-,18+,19-,21+;17?,18-,19+,20-,22+;;/m00../s1. The van der Waals surface area contributed by atoms with Crippen molar-refractivity contribution < 1.29 is 79.6 Å². The SMILES string of the molecule is CCCCC[C@H](O)CC[C@H]1[C@H](O)CC2Cc3c(cccc3OCC(=O)O)C[C@@H]21.CCCCC[C@H](O)CC[C@H]1[C@H](O)CC2Cc3c(cccc3OC[C-]=O)C[C@@H]21.[Na+].[OH-]. The Balaban J connectivity index is 0.000000295. The number of hydrogen-bond donors (Lipinski definition) is 5. The van der Waals surface area contributed by atoms with Crippen LogP contribution < -0.4 is 39.0 Å². The number of unbranched alkanes of at least 4 members (excludes halogenated alkanes) is 4. The molecule has 0 bridgehead atoms. The number of aliphatic hydroxyl groups is 4. The van der Waals surface area contributed by atoms with Gasteiger partial charge in [-0.25, -0.2) is 11.1 Å². The number of fused-ring (bicyclic) bond motifs is 4. The van der Waals surface area contributed by atoms with Gasteiger partial charge in [0, 0.05) is 0 Å². The Hall–Kier alpha value is -2.02. The molecule has 4 aliphatic carbocycles. The summed E-state index contributed by atoms with van der Waals surface area (Å²) in [6, 6.07) is 11.9. The molecule has 4 aliphatic rings. The van der Waals surface area contributed by atoms with Gasteiger partial charge < -0.3 is 45.3 Å². The average Bonchev–Trinajstić information content (AvgIpc) is 3.65. The predicted octanol–water partition coefficient (Wildman–Crippen LogP) is 4.02. The number of rotatable bonds is 20. The van der Waals surface area contributed by atoms with Gasteiger partial charge in [-0.05, 0) is 154 Å². The summed E-state index contributed by atoms with van der Waals surface area (Å²) in [5, 5.41) is 50.8. The number of carbonyl (C=O) groups excluding carboxylic acids is 1. The Morgan fingerprint density at radius 1 is 0.719 bits per heavy atom. The molecule has 0 aromatic heterocycles. The first kappa shape index (κ1) is 49.3. The summed E-state index contributed by atoms with van der Waals surface area (Å²) in [6.07, 6.45) is 17.8. The summed E-state index contributed by atoms with van der Waals surface area (Å²) in [7, 11) is 0. The van der Waals surface area contributed by atoms with Crippen molar-refractivity contribution in [3.05, 3.63) is 58.7 Å². The molecule has 10 nitrogen and oxygen atoms in total. The van der Waals surface area contributed by atoms with Gasteiger partial charge in [-0.3, -0.25) is 0 Å². The summed E-state index contributed by atoms with van der Waals surface area (Å²) >= 11 is 0. The molecule has 0 heterocycles. The molecule has 2 saturated carbocycles. The number of carbonyl (C=O) groups is 1. The molecule has 11 heteroatoms. The van der Waals surface area contributed by atoms with Crippen LogP contribution in [0.2, 0.25) is 0 Å². The van der Waals surface area contributed by atoms with E-state index in [0.29, 0.717) is 29.4 Å². The summed E-state index contributed by atoms with van der Waals surface area (Å²) in [5.74, 6) is 2.77. The van der Waals surface area contributed by atoms with Crippen LogP contribution in [0.5, 0.6) is 11.5 Å². The topological polar surface area (TPSA) is 184 Å². The van der Waals surface area contributed by atoms with Crippen LogP contribution in [0.25, 0.3) is 0 Å². The van der Waals surface area contributed by atoms with Gasteiger partial charge in [0.1, 0.15) is 11.5 Å². The number of hydrogen-bond acceptors (Lipinski definition) is 9. The van der Waals surface area contributed by atoms with Crippen molar-refractivity contribution in [2.24, 2.45) is 35.5 Å². The third-order valence-electron chi connectivity index (χ3n) is 13.3. The zero-order valence-corrected chi connectivity index (χ0v) is 36.7. The fourth-order valence-electron chi connectivity index (χ4n) is 10.4. The Morgan fingerprint density at radius 3 is 1.60 bits per heavy atom. The first-order valence-corrected chi connectivity index (χ1v) is 21.4. The molecule has 0 saturated heterocycles. The maximum absolute atomic E-state index is 10.8. The molecule has 2 fully saturated rings. The minimum Gasteiger partial charge on any atom is -0.870 e. The second-order valence-corrected chi connectivity index (χ2v) is 17.0. The van der Waals surface area contributed by atoms with Gasteiger partial charge in [0.2, 0.25) is 0 Å². The van der Waals surface area contributed by atoms with Crippen LogP contribution in [0, 0.1) is 35.5 Å². The maximum atomic E-state index is 10.8. The zero-order chi connectivity index (χ0) is 39.3. The van der Waals surface area contributed by atoms with E-state index < -0.39 is 5.97 Å². The molecule has 6 rings (SSSR count). The molecule has 0 radical (unpaired) electrons. The van der Waals surface area contributed by atoms with Crippen LogP contribution in [-0.2, 0) is 35.3 Å². The zero-order valence-electron chi connectivity index (χ0n) is 34.7. The van der Waals surface area contributed by atoms with Gasteiger partial charge in [-0.1, -0.05) is 76.6 Å². The van der Waals surface area contributed by atoms with Crippen molar-refractivity contribution in [1.29, 1.82) is 0 Å². The minimum atomic E-state index is -0.972. The van der Waals surface area contributed by atoms with Crippen molar-refractivity contribution >= 4 is 12.3 Å². The van der Waals surface area contributed by atoms with Crippen molar-refractivity contribution in [2.75, 3.05) is 13.2 Å². The quantitative estimate of drug-likeness (QED) is 0.0745.